The molecular formula is C23H28N4O3S. The van der Waals surface area contributed by atoms with Crippen LogP contribution in [0.2, 0.25) is 0 Å². The van der Waals surface area contributed by atoms with Gasteiger partial charge in [0.1, 0.15) is 12.1 Å². The first-order valence-corrected chi connectivity index (χ1v) is 11.7. The standard InChI is InChI=1S/C23H28N4O3S/c1-14-21(31-13-25-14)18-7-5-16(6-8-18)12-24-22(29)19-4-3-11-27(19)23(30)20(17-9-10-17)26-15(2)28/h5-8,13,17,19-20H,3-4,9-12H2,1-2H3,(H,24,29)(H,26,28). The molecule has 2 aromatic rings. The second-order valence-electron chi connectivity index (χ2n) is 8.39. The zero-order valence-electron chi connectivity index (χ0n) is 17.9. The molecule has 2 atom stereocenters. The van der Waals surface area contributed by atoms with E-state index in [1.807, 2.05) is 36.7 Å². The van der Waals surface area contributed by atoms with Crippen molar-refractivity contribution in [2.75, 3.05) is 6.54 Å². The molecule has 1 aromatic heterocycles. The van der Waals surface area contributed by atoms with E-state index in [-0.39, 0.29) is 23.6 Å². The highest BCUT2D eigenvalue weighted by Gasteiger charge is 2.43. The molecule has 2 fully saturated rings. The first-order chi connectivity index (χ1) is 14.9. The first kappa shape index (κ1) is 21.5. The van der Waals surface area contributed by atoms with Gasteiger partial charge in [-0.3, -0.25) is 14.4 Å². The van der Waals surface area contributed by atoms with Gasteiger partial charge in [0.2, 0.25) is 17.7 Å². The van der Waals surface area contributed by atoms with Crippen molar-refractivity contribution in [1.82, 2.24) is 20.5 Å². The zero-order chi connectivity index (χ0) is 22.0. The highest BCUT2D eigenvalue weighted by Crippen LogP contribution is 2.34. The number of carbonyl (C=O) groups is 3. The Morgan fingerprint density at radius 2 is 1.94 bits per heavy atom. The zero-order valence-corrected chi connectivity index (χ0v) is 18.7. The van der Waals surface area contributed by atoms with Crippen LogP contribution in [-0.2, 0) is 20.9 Å². The van der Waals surface area contributed by atoms with Crippen molar-refractivity contribution in [2.24, 2.45) is 5.92 Å². The van der Waals surface area contributed by atoms with Crippen LogP contribution in [0.4, 0.5) is 0 Å². The van der Waals surface area contributed by atoms with Crippen molar-refractivity contribution in [1.29, 1.82) is 0 Å². The molecular weight excluding hydrogens is 412 g/mol. The number of hydrogen-bond acceptors (Lipinski definition) is 5. The Balaban J connectivity index is 1.36. The van der Waals surface area contributed by atoms with Crippen LogP contribution >= 0.6 is 11.3 Å². The number of likely N-dealkylation sites (tertiary alicyclic amines) is 1. The Hall–Kier alpha value is -2.74. The highest BCUT2D eigenvalue weighted by molar-refractivity contribution is 7.13. The van der Waals surface area contributed by atoms with Gasteiger partial charge in [0.05, 0.1) is 16.1 Å². The van der Waals surface area contributed by atoms with Crippen LogP contribution in [0.25, 0.3) is 10.4 Å². The minimum Gasteiger partial charge on any atom is -0.350 e. The number of carbonyl (C=O) groups excluding carboxylic acids is 3. The molecule has 0 spiro atoms. The molecule has 1 aliphatic carbocycles. The van der Waals surface area contributed by atoms with Gasteiger partial charge in [0.15, 0.2) is 0 Å². The number of hydrogen-bond donors (Lipinski definition) is 2. The fourth-order valence-corrected chi connectivity index (χ4v) is 4.98. The molecule has 8 heteroatoms. The third-order valence-electron chi connectivity index (χ3n) is 5.99. The minimum absolute atomic E-state index is 0.125. The number of aryl methyl sites for hydroxylation is 1. The summed E-state index contributed by atoms with van der Waals surface area (Å²) in [6.45, 7) is 4.40. The second-order valence-corrected chi connectivity index (χ2v) is 9.24. The average Bonchev–Trinajstić information content (AvgIpc) is 3.31. The monoisotopic (exact) mass is 440 g/mol. The average molecular weight is 441 g/mol. The van der Waals surface area contributed by atoms with Crippen molar-refractivity contribution in [3.63, 3.8) is 0 Å². The van der Waals surface area contributed by atoms with E-state index in [1.165, 1.54) is 6.92 Å². The fraction of sp³-hybridized carbons (Fsp3) is 0.478. The maximum absolute atomic E-state index is 13.1. The van der Waals surface area contributed by atoms with Gasteiger partial charge in [-0.2, -0.15) is 0 Å². The largest absolute Gasteiger partial charge is 0.350 e. The maximum atomic E-state index is 13.1. The lowest BCUT2D eigenvalue weighted by molar-refractivity contribution is -0.141. The topological polar surface area (TPSA) is 91.4 Å². The summed E-state index contributed by atoms with van der Waals surface area (Å²) >= 11 is 1.61. The van der Waals surface area contributed by atoms with Crippen LogP contribution in [0.15, 0.2) is 29.8 Å². The molecule has 1 saturated heterocycles. The molecule has 1 saturated carbocycles. The smallest absolute Gasteiger partial charge is 0.246 e. The quantitative estimate of drug-likeness (QED) is 0.692. The fourth-order valence-electron chi connectivity index (χ4n) is 4.17. The van der Waals surface area contributed by atoms with E-state index >= 15 is 0 Å². The lowest BCUT2D eigenvalue weighted by Gasteiger charge is -2.28. The van der Waals surface area contributed by atoms with Gasteiger partial charge in [-0.1, -0.05) is 24.3 Å². The van der Waals surface area contributed by atoms with E-state index in [9.17, 15) is 14.4 Å². The van der Waals surface area contributed by atoms with Gasteiger partial charge in [0.25, 0.3) is 0 Å². The number of amides is 3. The number of nitrogens with one attached hydrogen (secondary N) is 2. The Kier molecular flexibility index (Phi) is 6.36. The Morgan fingerprint density at radius 1 is 1.19 bits per heavy atom. The van der Waals surface area contributed by atoms with E-state index in [0.717, 1.165) is 41.0 Å². The molecule has 0 bridgehead atoms. The number of nitrogens with zero attached hydrogens (tertiary/aromatic N) is 2. The van der Waals surface area contributed by atoms with Crippen molar-refractivity contribution in [3.05, 3.63) is 41.0 Å². The van der Waals surface area contributed by atoms with Crippen LogP contribution in [-0.4, -0.2) is 46.2 Å². The summed E-state index contributed by atoms with van der Waals surface area (Å²) in [5.41, 5.74) is 4.98. The van der Waals surface area contributed by atoms with Gasteiger partial charge >= 0.3 is 0 Å². The Bertz CT molecular complexity index is 967. The third kappa shape index (κ3) is 4.95. The van der Waals surface area contributed by atoms with Crippen molar-refractivity contribution >= 4 is 29.1 Å². The molecule has 3 amide bonds. The van der Waals surface area contributed by atoms with E-state index in [1.54, 1.807) is 16.2 Å². The molecule has 7 nitrogen and oxygen atoms in total. The summed E-state index contributed by atoms with van der Waals surface area (Å²) in [6.07, 6.45) is 3.33. The normalized spacial score (nSPS) is 19.2. The van der Waals surface area contributed by atoms with E-state index < -0.39 is 12.1 Å². The van der Waals surface area contributed by atoms with E-state index in [2.05, 4.69) is 15.6 Å². The molecule has 164 valence electrons. The van der Waals surface area contributed by atoms with Crippen LogP contribution in [0.1, 0.15) is 43.9 Å². The molecule has 1 aliphatic heterocycles. The summed E-state index contributed by atoms with van der Waals surface area (Å²) in [6, 6.07) is 7.12. The molecule has 2 aliphatic rings. The van der Waals surface area contributed by atoms with Gasteiger partial charge in [-0.05, 0) is 49.7 Å². The summed E-state index contributed by atoms with van der Waals surface area (Å²) in [4.78, 5) is 44.6. The van der Waals surface area contributed by atoms with Crippen LogP contribution < -0.4 is 10.6 Å². The molecule has 31 heavy (non-hydrogen) atoms. The Morgan fingerprint density at radius 3 is 2.55 bits per heavy atom. The maximum Gasteiger partial charge on any atom is 0.246 e. The van der Waals surface area contributed by atoms with Crippen LogP contribution in [0.3, 0.4) is 0 Å². The van der Waals surface area contributed by atoms with Gasteiger partial charge in [-0.25, -0.2) is 4.98 Å². The summed E-state index contributed by atoms with van der Waals surface area (Å²) in [5, 5.41) is 5.78. The SMILES string of the molecule is CC(=O)NC(C(=O)N1CCCC1C(=O)NCc1ccc(-c2scnc2C)cc1)C1CC1. The molecule has 2 heterocycles. The summed E-state index contributed by atoms with van der Waals surface area (Å²) in [7, 11) is 0. The van der Waals surface area contributed by atoms with E-state index in [4.69, 9.17) is 0 Å². The lowest BCUT2D eigenvalue weighted by atomic mass is 10.1. The molecule has 1 aromatic carbocycles. The van der Waals surface area contributed by atoms with Crippen LogP contribution in [0.5, 0.6) is 0 Å². The predicted octanol–water partition coefficient (Wildman–Crippen LogP) is 2.64. The van der Waals surface area contributed by atoms with Crippen molar-refractivity contribution < 1.29 is 14.4 Å². The molecule has 4 rings (SSSR count). The number of rotatable bonds is 7. The summed E-state index contributed by atoms with van der Waals surface area (Å²) < 4.78 is 0. The van der Waals surface area contributed by atoms with E-state index in [0.29, 0.717) is 19.5 Å². The third-order valence-corrected chi connectivity index (χ3v) is 6.96. The number of aromatic nitrogens is 1. The van der Waals surface area contributed by atoms with Gasteiger partial charge < -0.3 is 15.5 Å². The number of benzene rings is 1. The van der Waals surface area contributed by atoms with Gasteiger partial charge in [0, 0.05) is 20.0 Å². The molecule has 2 unspecified atom stereocenters. The number of thiazole rings is 1. The lowest BCUT2D eigenvalue weighted by Crippen LogP contribution is -2.54. The highest BCUT2D eigenvalue weighted by atomic mass is 32.1. The second kappa shape index (κ2) is 9.18. The first-order valence-electron chi connectivity index (χ1n) is 10.8. The molecule has 0 radical (unpaired) electrons. The minimum atomic E-state index is -0.506. The van der Waals surface area contributed by atoms with Crippen molar-refractivity contribution in [2.45, 2.75) is 58.2 Å². The van der Waals surface area contributed by atoms with Crippen LogP contribution in [0, 0.1) is 12.8 Å². The molecule has 2 N–H and O–H groups in total. The Labute approximate surface area is 186 Å². The summed E-state index contributed by atoms with van der Waals surface area (Å²) in [5.74, 6) is -0.269. The van der Waals surface area contributed by atoms with Gasteiger partial charge in [-0.15, -0.1) is 11.3 Å². The predicted molar refractivity (Wildman–Crippen MR) is 119 cm³/mol. The van der Waals surface area contributed by atoms with Crippen molar-refractivity contribution in [3.8, 4) is 10.4 Å².